The van der Waals surface area contributed by atoms with Gasteiger partial charge in [-0.25, -0.2) is 5.84 Å². The number of rotatable bonds is 2. The molecule has 0 aliphatic rings. The van der Waals surface area contributed by atoms with Crippen molar-refractivity contribution in [2.75, 3.05) is 0 Å². The molecule has 11 heavy (non-hydrogen) atoms. The third-order valence-corrected chi connectivity index (χ3v) is 1.45. The number of amides is 1. The van der Waals surface area contributed by atoms with Gasteiger partial charge in [0.1, 0.15) is 0 Å². The van der Waals surface area contributed by atoms with Gasteiger partial charge in [-0.15, -0.1) is 0 Å². The summed E-state index contributed by atoms with van der Waals surface area (Å²) in [5.74, 6) is 4.64. The van der Waals surface area contributed by atoms with Gasteiger partial charge in [-0.2, -0.15) is 5.10 Å². The van der Waals surface area contributed by atoms with Crippen LogP contribution >= 0.6 is 0 Å². The molecule has 0 radical (unpaired) electrons. The Balaban J connectivity index is 2.92. The Bertz CT molecular complexity index is 255. The fourth-order valence-electron chi connectivity index (χ4n) is 0.856. The third kappa shape index (κ3) is 1.38. The summed E-state index contributed by atoms with van der Waals surface area (Å²) in [5.41, 5.74) is 3.35. The van der Waals surface area contributed by atoms with E-state index in [1.54, 1.807) is 0 Å². The van der Waals surface area contributed by atoms with Gasteiger partial charge in [-0.05, 0) is 6.42 Å². The summed E-state index contributed by atoms with van der Waals surface area (Å²) in [6, 6.07) is 0. The lowest BCUT2D eigenvalue weighted by atomic mass is 10.2. The second-order valence-corrected chi connectivity index (χ2v) is 2.09. The maximum absolute atomic E-state index is 11.0. The highest BCUT2D eigenvalue weighted by atomic mass is 16.2. The zero-order valence-electron chi connectivity index (χ0n) is 6.22. The molecule has 1 amide bonds. The molecule has 0 atom stereocenters. The van der Waals surface area contributed by atoms with E-state index in [1.807, 2.05) is 12.3 Å². The lowest BCUT2D eigenvalue weighted by molar-refractivity contribution is 0.0953. The minimum atomic E-state index is -0.310. The summed E-state index contributed by atoms with van der Waals surface area (Å²) >= 11 is 0. The van der Waals surface area contributed by atoms with Crippen molar-refractivity contribution in [3.05, 3.63) is 17.5 Å². The Labute approximate surface area is 63.9 Å². The largest absolute Gasteiger partial charge is 0.290 e. The lowest BCUT2D eigenvalue weighted by Gasteiger charge is -1.96. The molecule has 5 nitrogen and oxygen atoms in total. The minimum Gasteiger partial charge on any atom is -0.290 e. The first-order valence-electron chi connectivity index (χ1n) is 3.32. The molecule has 1 aromatic heterocycles. The number of carbonyl (C=O) groups is 1. The highest BCUT2D eigenvalue weighted by Gasteiger charge is 2.09. The molecule has 0 spiro atoms. The monoisotopic (exact) mass is 154 g/mol. The number of aromatic nitrogens is 2. The van der Waals surface area contributed by atoms with Crippen molar-refractivity contribution >= 4 is 5.91 Å². The zero-order valence-corrected chi connectivity index (χ0v) is 6.22. The van der Waals surface area contributed by atoms with Crippen LogP contribution in [0.3, 0.4) is 0 Å². The molecule has 5 heteroatoms. The number of aromatic amines is 1. The summed E-state index contributed by atoms with van der Waals surface area (Å²) in [4.78, 5) is 11.0. The number of carbonyl (C=O) groups excluding carboxylic acids is 1. The van der Waals surface area contributed by atoms with Crippen LogP contribution in [0.5, 0.6) is 0 Å². The van der Waals surface area contributed by atoms with Gasteiger partial charge < -0.3 is 0 Å². The van der Waals surface area contributed by atoms with E-state index in [1.165, 1.54) is 6.20 Å². The van der Waals surface area contributed by atoms with Crippen molar-refractivity contribution < 1.29 is 4.79 Å². The average molecular weight is 154 g/mol. The maximum atomic E-state index is 11.0. The van der Waals surface area contributed by atoms with Crippen molar-refractivity contribution in [1.29, 1.82) is 0 Å². The number of aryl methyl sites for hydroxylation is 1. The summed E-state index contributed by atoms with van der Waals surface area (Å²) in [6.45, 7) is 1.93. The van der Waals surface area contributed by atoms with Crippen LogP contribution in [0.4, 0.5) is 0 Å². The molecular weight excluding hydrogens is 144 g/mol. The highest BCUT2D eigenvalue weighted by molar-refractivity contribution is 5.94. The van der Waals surface area contributed by atoms with E-state index in [4.69, 9.17) is 5.84 Å². The Morgan fingerprint density at radius 1 is 1.91 bits per heavy atom. The first kappa shape index (κ1) is 7.74. The van der Waals surface area contributed by atoms with Gasteiger partial charge in [0.2, 0.25) is 0 Å². The molecule has 0 aliphatic heterocycles. The molecule has 1 aromatic rings. The van der Waals surface area contributed by atoms with Crippen molar-refractivity contribution in [2.24, 2.45) is 5.84 Å². The van der Waals surface area contributed by atoms with Crippen molar-refractivity contribution in [3.8, 4) is 0 Å². The van der Waals surface area contributed by atoms with Crippen molar-refractivity contribution in [2.45, 2.75) is 13.3 Å². The van der Waals surface area contributed by atoms with Gasteiger partial charge >= 0.3 is 0 Å². The SMILES string of the molecule is CCc1[nH]ncc1C(=O)NN. The number of hydrogen-bond acceptors (Lipinski definition) is 3. The number of nitrogens with one attached hydrogen (secondary N) is 2. The third-order valence-electron chi connectivity index (χ3n) is 1.45. The van der Waals surface area contributed by atoms with E-state index in [0.29, 0.717) is 5.56 Å². The van der Waals surface area contributed by atoms with Crippen LogP contribution in [0, 0.1) is 0 Å². The number of hydrogen-bond donors (Lipinski definition) is 3. The quantitative estimate of drug-likeness (QED) is 0.307. The van der Waals surface area contributed by atoms with Gasteiger partial charge in [0.25, 0.3) is 5.91 Å². The molecule has 0 aromatic carbocycles. The van der Waals surface area contributed by atoms with Gasteiger partial charge in [0, 0.05) is 5.69 Å². The number of H-pyrrole nitrogens is 1. The second kappa shape index (κ2) is 3.16. The first-order valence-corrected chi connectivity index (χ1v) is 3.32. The highest BCUT2D eigenvalue weighted by Crippen LogP contribution is 2.03. The standard InChI is InChI=1S/C6H10N4O/c1-2-5-4(3-8-10-5)6(11)9-7/h3H,2,7H2,1H3,(H,8,10)(H,9,11). The number of nitrogens with two attached hydrogens (primary N) is 1. The van der Waals surface area contributed by atoms with Gasteiger partial charge in [-0.1, -0.05) is 6.92 Å². The molecule has 1 rings (SSSR count). The molecule has 0 saturated heterocycles. The molecule has 1 heterocycles. The molecule has 0 aliphatic carbocycles. The summed E-state index contributed by atoms with van der Waals surface area (Å²) < 4.78 is 0. The summed E-state index contributed by atoms with van der Waals surface area (Å²) in [5, 5.41) is 6.42. The smallest absolute Gasteiger partial charge is 0.268 e. The molecule has 0 unspecified atom stereocenters. The normalized spacial score (nSPS) is 9.64. The zero-order chi connectivity index (χ0) is 8.27. The van der Waals surface area contributed by atoms with E-state index < -0.39 is 0 Å². The number of nitrogen functional groups attached to an aromatic ring is 1. The first-order chi connectivity index (χ1) is 5.29. The van der Waals surface area contributed by atoms with Gasteiger partial charge in [0.05, 0.1) is 11.8 Å². The van der Waals surface area contributed by atoms with Crippen LogP contribution in [0.25, 0.3) is 0 Å². The van der Waals surface area contributed by atoms with E-state index in [9.17, 15) is 4.79 Å². The van der Waals surface area contributed by atoms with Gasteiger partial charge in [0.15, 0.2) is 0 Å². The van der Waals surface area contributed by atoms with Crippen LogP contribution < -0.4 is 11.3 Å². The maximum Gasteiger partial charge on any atom is 0.268 e. The van der Waals surface area contributed by atoms with Crippen LogP contribution in [0.1, 0.15) is 23.0 Å². The van der Waals surface area contributed by atoms with Crippen molar-refractivity contribution in [3.63, 3.8) is 0 Å². The summed E-state index contributed by atoms with van der Waals surface area (Å²) in [6.07, 6.45) is 2.20. The molecule has 0 saturated carbocycles. The van der Waals surface area contributed by atoms with Crippen LogP contribution in [0.2, 0.25) is 0 Å². The molecule has 60 valence electrons. The van der Waals surface area contributed by atoms with Crippen molar-refractivity contribution in [1.82, 2.24) is 15.6 Å². The minimum absolute atomic E-state index is 0.310. The van der Waals surface area contributed by atoms with E-state index in [0.717, 1.165) is 12.1 Å². The van der Waals surface area contributed by atoms with E-state index in [2.05, 4.69) is 10.2 Å². The van der Waals surface area contributed by atoms with Gasteiger partial charge in [-0.3, -0.25) is 15.3 Å². The molecular formula is C6H10N4O. The molecule has 0 fully saturated rings. The predicted octanol–water partition coefficient (Wildman–Crippen LogP) is -0.424. The number of hydrazine groups is 1. The van der Waals surface area contributed by atoms with E-state index >= 15 is 0 Å². The fourth-order valence-corrected chi connectivity index (χ4v) is 0.856. The Hall–Kier alpha value is -1.36. The summed E-state index contributed by atoms with van der Waals surface area (Å²) in [7, 11) is 0. The Morgan fingerprint density at radius 2 is 2.64 bits per heavy atom. The van der Waals surface area contributed by atoms with E-state index in [-0.39, 0.29) is 5.91 Å². The molecule has 0 bridgehead atoms. The Kier molecular flexibility index (Phi) is 2.22. The van der Waals surface area contributed by atoms with Crippen LogP contribution in [-0.4, -0.2) is 16.1 Å². The van der Waals surface area contributed by atoms with Crippen LogP contribution in [-0.2, 0) is 6.42 Å². The molecule has 4 N–H and O–H groups in total. The number of nitrogens with zero attached hydrogens (tertiary/aromatic N) is 1. The Morgan fingerprint density at radius 3 is 3.18 bits per heavy atom. The second-order valence-electron chi connectivity index (χ2n) is 2.09. The topological polar surface area (TPSA) is 83.8 Å². The van der Waals surface area contributed by atoms with Crippen LogP contribution in [0.15, 0.2) is 6.20 Å². The lowest BCUT2D eigenvalue weighted by Crippen LogP contribution is -2.30. The fraction of sp³-hybridized carbons (Fsp3) is 0.333. The average Bonchev–Trinajstić information content (AvgIpc) is 2.50. The predicted molar refractivity (Wildman–Crippen MR) is 39.6 cm³/mol.